The van der Waals surface area contributed by atoms with Crippen LogP contribution in [-0.2, 0) is 0 Å². The number of benzene rings is 2. The Hall–Kier alpha value is -3.85. The predicted molar refractivity (Wildman–Crippen MR) is 144 cm³/mol. The van der Waals surface area contributed by atoms with Crippen molar-refractivity contribution >= 4 is 47.4 Å². The lowest BCUT2D eigenvalue weighted by molar-refractivity contribution is 0.0383. The Labute approximate surface area is 209 Å². The summed E-state index contributed by atoms with van der Waals surface area (Å²) in [5, 5.41) is 7.47. The smallest absolute Gasteiger partial charge is 0.229 e. The summed E-state index contributed by atoms with van der Waals surface area (Å²) in [6.45, 7) is 0. The molecule has 1 saturated carbocycles. The van der Waals surface area contributed by atoms with Crippen LogP contribution in [0.5, 0.6) is 11.5 Å². The minimum atomic E-state index is 0. The highest BCUT2D eigenvalue weighted by Gasteiger charge is 2.32. The summed E-state index contributed by atoms with van der Waals surface area (Å²) < 4.78 is 11.7. The zero-order valence-corrected chi connectivity index (χ0v) is 20.0. The van der Waals surface area contributed by atoms with E-state index in [4.69, 9.17) is 17.3 Å². The highest BCUT2D eigenvalue weighted by molar-refractivity contribution is 6.33. The van der Waals surface area contributed by atoms with Gasteiger partial charge in [-0.1, -0.05) is 17.6 Å². The van der Waals surface area contributed by atoms with Gasteiger partial charge in [0.2, 0.25) is 5.95 Å². The van der Waals surface area contributed by atoms with Crippen LogP contribution in [0.25, 0.3) is 10.9 Å². The van der Waals surface area contributed by atoms with Crippen molar-refractivity contribution in [3.63, 3.8) is 0 Å². The zero-order chi connectivity index (χ0) is 24.4. The van der Waals surface area contributed by atoms with E-state index in [1.807, 2.05) is 42.5 Å². The lowest BCUT2D eigenvalue weighted by Crippen LogP contribution is -2.46. The summed E-state index contributed by atoms with van der Waals surface area (Å²) in [6.07, 6.45) is 5.70. The molecule has 2 aromatic carbocycles. The predicted octanol–water partition coefficient (Wildman–Crippen LogP) is 4.28. The number of fused-ring (bicyclic) bond motifs is 1. The highest BCUT2D eigenvalue weighted by Crippen LogP contribution is 2.36. The average molecular weight is 470 g/mol. The molecule has 9 heteroatoms. The Morgan fingerprint density at radius 3 is 2.63 bits per heavy atom. The summed E-state index contributed by atoms with van der Waals surface area (Å²) in [4.78, 5) is 15.6. The number of hydrogen-bond donors (Lipinski definition) is 2. The van der Waals surface area contributed by atoms with Crippen LogP contribution in [0.1, 0.15) is 15.7 Å². The minimum Gasteiger partial charge on any atom is -0.493 e. The number of anilines is 4. The third kappa shape index (κ3) is 5.30. The SMILES string of the molecule is [B]c1ccc2ncc(Nc3ccnc(Nc4ccc(OC5CC(N(C)C)C5)c(OC)c4)n3)cc2c1.[HH].[HH]. The fourth-order valence-corrected chi connectivity index (χ4v) is 4.06. The maximum absolute atomic E-state index is 6.15. The molecule has 4 aromatic rings. The van der Waals surface area contributed by atoms with E-state index < -0.39 is 0 Å². The van der Waals surface area contributed by atoms with Gasteiger partial charge in [0.05, 0.1) is 24.5 Å². The first kappa shape index (κ1) is 22.9. The van der Waals surface area contributed by atoms with Gasteiger partial charge in [0.25, 0.3) is 0 Å². The first-order valence-corrected chi connectivity index (χ1v) is 11.5. The molecule has 0 amide bonds. The number of aromatic nitrogens is 3. The van der Waals surface area contributed by atoms with Crippen molar-refractivity contribution in [1.82, 2.24) is 19.9 Å². The van der Waals surface area contributed by atoms with Crippen LogP contribution < -0.4 is 25.6 Å². The second-order valence-corrected chi connectivity index (χ2v) is 8.89. The summed E-state index contributed by atoms with van der Waals surface area (Å²) in [6, 6.07) is 15.7. The molecule has 1 aliphatic rings. The Bertz CT molecular complexity index is 1350. The summed E-state index contributed by atoms with van der Waals surface area (Å²) in [5.74, 6) is 2.50. The van der Waals surface area contributed by atoms with Crippen molar-refractivity contribution in [3.8, 4) is 11.5 Å². The monoisotopic (exact) mass is 470 g/mol. The van der Waals surface area contributed by atoms with Gasteiger partial charge in [0, 0.05) is 32.2 Å². The number of hydrogen-bond acceptors (Lipinski definition) is 8. The van der Waals surface area contributed by atoms with Crippen molar-refractivity contribution < 1.29 is 12.3 Å². The van der Waals surface area contributed by atoms with Crippen molar-refractivity contribution in [1.29, 1.82) is 0 Å². The lowest BCUT2D eigenvalue weighted by Gasteiger charge is -2.39. The van der Waals surface area contributed by atoms with Gasteiger partial charge < -0.3 is 25.0 Å². The van der Waals surface area contributed by atoms with E-state index >= 15 is 0 Å². The molecule has 0 bridgehead atoms. The van der Waals surface area contributed by atoms with E-state index in [0.717, 1.165) is 40.9 Å². The van der Waals surface area contributed by atoms with Crippen molar-refractivity contribution in [2.45, 2.75) is 25.0 Å². The average Bonchev–Trinajstić information content (AvgIpc) is 2.81. The Kier molecular flexibility index (Phi) is 6.42. The Morgan fingerprint density at radius 2 is 1.83 bits per heavy atom. The van der Waals surface area contributed by atoms with Gasteiger partial charge in [-0.25, -0.2) is 4.98 Å². The molecular formula is C26H31BN6O2. The summed E-state index contributed by atoms with van der Waals surface area (Å²) >= 11 is 0. The quantitative estimate of drug-likeness (QED) is 0.370. The second-order valence-electron chi connectivity index (χ2n) is 8.89. The third-order valence-corrected chi connectivity index (χ3v) is 6.15. The molecule has 1 fully saturated rings. The Morgan fingerprint density at radius 1 is 0.971 bits per heavy atom. The molecule has 2 aromatic heterocycles. The number of methoxy groups -OCH3 is 1. The number of nitrogens with zero attached hydrogens (tertiary/aromatic N) is 4. The first-order valence-electron chi connectivity index (χ1n) is 11.5. The largest absolute Gasteiger partial charge is 0.493 e. The maximum atomic E-state index is 6.15. The molecule has 8 nitrogen and oxygen atoms in total. The first-order chi connectivity index (χ1) is 17.0. The van der Waals surface area contributed by atoms with E-state index in [9.17, 15) is 0 Å². The summed E-state index contributed by atoms with van der Waals surface area (Å²) in [7, 11) is 11.7. The highest BCUT2D eigenvalue weighted by atomic mass is 16.5. The van der Waals surface area contributed by atoms with Crippen molar-refractivity contribution in [3.05, 3.63) is 60.9 Å². The summed E-state index contributed by atoms with van der Waals surface area (Å²) in [5.41, 5.74) is 3.19. The van der Waals surface area contributed by atoms with E-state index in [2.05, 4.69) is 44.6 Å². The van der Waals surface area contributed by atoms with Crippen LogP contribution in [0, 0.1) is 0 Å². The molecule has 180 valence electrons. The number of pyridine rings is 1. The fraction of sp³-hybridized carbons (Fsp3) is 0.269. The zero-order valence-electron chi connectivity index (χ0n) is 20.0. The molecule has 1 aliphatic carbocycles. The van der Waals surface area contributed by atoms with Crippen LogP contribution >= 0.6 is 0 Å². The van der Waals surface area contributed by atoms with E-state index in [1.54, 1.807) is 25.6 Å². The van der Waals surface area contributed by atoms with Gasteiger partial charge in [0.1, 0.15) is 19.8 Å². The van der Waals surface area contributed by atoms with Gasteiger partial charge in [-0.05, 0) is 57.3 Å². The molecule has 0 saturated heterocycles. The molecule has 5 rings (SSSR count). The van der Waals surface area contributed by atoms with Crippen LogP contribution in [0.3, 0.4) is 0 Å². The molecule has 0 aliphatic heterocycles. The van der Waals surface area contributed by atoms with Gasteiger partial charge in [-0.15, -0.1) is 0 Å². The van der Waals surface area contributed by atoms with Crippen LogP contribution in [-0.4, -0.2) is 61.0 Å². The van der Waals surface area contributed by atoms with Gasteiger partial charge in [0.15, 0.2) is 11.5 Å². The molecule has 0 spiro atoms. The lowest BCUT2D eigenvalue weighted by atomic mass is 9.88. The molecule has 2 radical (unpaired) electrons. The van der Waals surface area contributed by atoms with Crippen LogP contribution in [0.2, 0.25) is 0 Å². The standard InChI is InChI=1S/C26H27BN6O2.2H2/c1-33(2)20-13-21(14-20)35-23-7-5-18(12-24(23)34-3)31-26-28-9-8-25(32-26)30-19-11-16-10-17(27)4-6-22(16)29-15-19;;/h4-12,15,20-21H,13-14H2,1-3H3,(H2,28,30,31,32);2*1H. The maximum Gasteiger partial charge on any atom is 0.229 e. The van der Waals surface area contributed by atoms with Crippen LogP contribution in [0.15, 0.2) is 60.9 Å². The molecule has 2 N–H and O–H groups in total. The normalized spacial score (nSPS) is 17.1. The van der Waals surface area contributed by atoms with E-state index in [0.29, 0.717) is 29.0 Å². The molecule has 2 heterocycles. The third-order valence-electron chi connectivity index (χ3n) is 6.15. The topological polar surface area (TPSA) is 84.4 Å². The van der Waals surface area contributed by atoms with Crippen LogP contribution in [0.4, 0.5) is 23.1 Å². The van der Waals surface area contributed by atoms with Gasteiger partial charge in [-0.3, -0.25) is 4.98 Å². The molecule has 0 unspecified atom stereocenters. The molecule has 0 atom stereocenters. The fourth-order valence-electron chi connectivity index (χ4n) is 4.06. The number of ether oxygens (including phenoxy) is 2. The number of nitrogens with one attached hydrogen (secondary N) is 2. The minimum absolute atomic E-state index is 0. The second kappa shape index (κ2) is 9.80. The van der Waals surface area contributed by atoms with E-state index in [-0.39, 0.29) is 8.96 Å². The number of rotatable bonds is 8. The molecule has 35 heavy (non-hydrogen) atoms. The molecular weight excluding hydrogens is 439 g/mol. The van der Waals surface area contributed by atoms with Gasteiger partial charge in [-0.2, -0.15) is 4.98 Å². The van der Waals surface area contributed by atoms with E-state index in [1.165, 1.54) is 0 Å². The van der Waals surface area contributed by atoms with Crippen molar-refractivity contribution in [2.75, 3.05) is 31.8 Å². The Balaban J connectivity index is 0.00000190. The van der Waals surface area contributed by atoms with Crippen molar-refractivity contribution in [2.24, 2.45) is 0 Å². The van der Waals surface area contributed by atoms with Gasteiger partial charge >= 0.3 is 0 Å².